The molecular formula is C15H21N3O. The Labute approximate surface area is 114 Å². The van der Waals surface area contributed by atoms with Gasteiger partial charge in [-0.15, -0.1) is 0 Å². The van der Waals surface area contributed by atoms with Crippen molar-refractivity contribution in [1.82, 2.24) is 9.78 Å². The first-order chi connectivity index (χ1) is 9.17. The number of aryl methyl sites for hydroxylation is 2. The summed E-state index contributed by atoms with van der Waals surface area (Å²) in [5, 5.41) is 4.53. The third-order valence-corrected chi connectivity index (χ3v) is 3.31. The van der Waals surface area contributed by atoms with Crippen LogP contribution in [0.1, 0.15) is 25.5 Å². The minimum absolute atomic E-state index is 0.719. The van der Waals surface area contributed by atoms with Crippen LogP contribution in [0.15, 0.2) is 24.3 Å². The molecule has 4 nitrogen and oxygen atoms in total. The van der Waals surface area contributed by atoms with Gasteiger partial charge < -0.3 is 10.5 Å². The number of nitrogens with zero attached hydrogens (tertiary/aromatic N) is 2. The van der Waals surface area contributed by atoms with Gasteiger partial charge in [0, 0.05) is 12.6 Å². The zero-order valence-corrected chi connectivity index (χ0v) is 11.8. The van der Waals surface area contributed by atoms with Crippen LogP contribution in [0.25, 0.3) is 11.1 Å². The fourth-order valence-corrected chi connectivity index (χ4v) is 2.19. The van der Waals surface area contributed by atoms with Crippen molar-refractivity contribution < 1.29 is 4.74 Å². The molecule has 0 aliphatic carbocycles. The molecular weight excluding hydrogens is 238 g/mol. The lowest BCUT2D eigenvalue weighted by Crippen LogP contribution is -1.98. The monoisotopic (exact) mass is 259 g/mol. The van der Waals surface area contributed by atoms with E-state index in [0.717, 1.165) is 47.7 Å². The normalized spacial score (nSPS) is 10.7. The van der Waals surface area contributed by atoms with Crippen LogP contribution in [-0.2, 0) is 13.5 Å². The number of benzene rings is 1. The molecule has 0 radical (unpaired) electrons. The maximum Gasteiger partial charge on any atom is 0.129 e. The minimum Gasteiger partial charge on any atom is -0.497 e. The average Bonchev–Trinajstić information content (AvgIpc) is 2.72. The summed E-state index contributed by atoms with van der Waals surface area (Å²) in [6, 6.07) is 7.96. The van der Waals surface area contributed by atoms with Crippen LogP contribution in [0.2, 0.25) is 0 Å². The molecule has 1 heterocycles. The van der Waals surface area contributed by atoms with E-state index in [-0.39, 0.29) is 0 Å². The Morgan fingerprint density at radius 3 is 2.53 bits per heavy atom. The predicted molar refractivity (Wildman–Crippen MR) is 78.2 cm³/mol. The molecule has 2 rings (SSSR count). The van der Waals surface area contributed by atoms with Crippen LogP contribution in [0.5, 0.6) is 5.75 Å². The molecule has 0 saturated carbocycles. The molecule has 0 fully saturated rings. The Balaban J connectivity index is 2.40. The Morgan fingerprint density at radius 2 is 1.95 bits per heavy atom. The number of anilines is 1. The molecule has 0 aliphatic heterocycles. The van der Waals surface area contributed by atoms with Crippen molar-refractivity contribution in [3.8, 4) is 16.9 Å². The number of hydrogen-bond donors (Lipinski definition) is 1. The topological polar surface area (TPSA) is 53.1 Å². The first kappa shape index (κ1) is 13.5. The van der Waals surface area contributed by atoms with E-state index in [1.54, 1.807) is 11.8 Å². The van der Waals surface area contributed by atoms with Crippen LogP contribution < -0.4 is 10.5 Å². The lowest BCUT2D eigenvalue weighted by atomic mass is 10.0. The van der Waals surface area contributed by atoms with Gasteiger partial charge in [-0.25, -0.2) is 0 Å². The van der Waals surface area contributed by atoms with Crippen molar-refractivity contribution in [2.45, 2.75) is 26.2 Å². The zero-order chi connectivity index (χ0) is 13.8. The lowest BCUT2D eigenvalue weighted by molar-refractivity contribution is 0.415. The smallest absolute Gasteiger partial charge is 0.129 e. The second-order valence-electron chi connectivity index (χ2n) is 4.66. The Morgan fingerprint density at radius 1 is 1.26 bits per heavy atom. The fraction of sp³-hybridized carbons (Fsp3) is 0.400. The molecule has 0 amide bonds. The SMILES string of the molecule is CCCCc1nn(C)c(N)c1-c1ccc(OC)cc1. The summed E-state index contributed by atoms with van der Waals surface area (Å²) in [5.41, 5.74) is 9.37. The van der Waals surface area contributed by atoms with Crippen molar-refractivity contribution in [3.05, 3.63) is 30.0 Å². The van der Waals surface area contributed by atoms with Crippen molar-refractivity contribution in [1.29, 1.82) is 0 Å². The Hall–Kier alpha value is -1.97. The highest BCUT2D eigenvalue weighted by atomic mass is 16.5. The number of aromatic nitrogens is 2. The maximum absolute atomic E-state index is 6.15. The van der Waals surface area contributed by atoms with Gasteiger partial charge in [0.1, 0.15) is 11.6 Å². The van der Waals surface area contributed by atoms with Crippen LogP contribution in [0.3, 0.4) is 0 Å². The van der Waals surface area contributed by atoms with E-state index < -0.39 is 0 Å². The van der Waals surface area contributed by atoms with Gasteiger partial charge in [0.2, 0.25) is 0 Å². The molecule has 0 aliphatic rings. The van der Waals surface area contributed by atoms with Gasteiger partial charge in [0.05, 0.1) is 12.8 Å². The summed E-state index contributed by atoms with van der Waals surface area (Å²) >= 11 is 0. The summed E-state index contributed by atoms with van der Waals surface area (Å²) in [7, 11) is 3.55. The standard InChI is InChI=1S/C15H21N3O/c1-4-5-6-13-14(15(16)18(2)17-13)11-7-9-12(19-3)10-8-11/h7-10H,4-6,16H2,1-3H3. The third-order valence-electron chi connectivity index (χ3n) is 3.31. The van der Waals surface area contributed by atoms with E-state index in [1.165, 1.54) is 0 Å². The number of methoxy groups -OCH3 is 1. The molecule has 0 bridgehead atoms. The van der Waals surface area contributed by atoms with E-state index in [0.29, 0.717) is 0 Å². The van der Waals surface area contributed by atoms with Crippen molar-refractivity contribution >= 4 is 5.82 Å². The lowest BCUT2D eigenvalue weighted by Gasteiger charge is -2.05. The zero-order valence-electron chi connectivity index (χ0n) is 11.8. The van der Waals surface area contributed by atoms with Crippen molar-refractivity contribution in [2.24, 2.45) is 7.05 Å². The highest BCUT2D eigenvalue weighted by molar-refractivity contribution is 5.77. The molecule has 2 aromatic rings. The van der Waals surface area contributed by atoms with Crippen LogP contribution >= 0.6 is 0 Å². The highest BCUT2D eigenvalue weighted by Gasteiger charge is 2.15. The molecule has 0 saturated heterocycles. The van der Waals surface area contributed by atoms with E-state index >= 15 is 0 Å². The van der Waals surface area contributed by atoms with Crippen LogP contribution in [-0.4, -0.2) is 16.9 Å². The quantitative estimate of drug-likeness (QED) is 0.898. The number of hydrogen-bond acceptors (Lipinski definition) is 3. The molecule has 0 spiro atoms. The largest absolute Gasteiger partial charge is 0.497 e. The van der Waals surface area contributed by atoms with Crippen molar-refractivity contribution in [3.63, 3.8) is 0 Å². The van der Waals surface area contributed by atoms with E-state index in [2.05, 4.69) is 12.0 Å². The van der Waals surface area contributed by atoms with Crippen LogP contribution in [0.4, 0.5) is 5.82 Å². The molecule has 1 aromatic carbocycles. The number of nitrogens with two attached hydrogens (primary N) is 1. The third kappa shape index (κ3) is 2.72. The van der Waals surface area contributed by atoms with Gasteiger partial charge in [-0.3, -0.25) is 4.68 Å². The highest BCUT2D eigenvalue weighted by Crippen LogP contribution is 2.31. The maximum atomic E-state index is 6.15. The van der Waals surface area contributed by atoms with Gasteiger partial charge in [0.25, 0.3) is 0 Å². The second kappa shape index (κ2) is 5.78. The molecule has 2 N–H and O–H groups in total. The minimum atomic E-state index is 0.719. The molecule has 19 heavy (non-hydrogen) atoms. The Kier molecular flexibility index (Phi) is 4.10. The van der Waals surface area contributed by atoms with E-state index in [9.17, 15) is 0 Å². The molecule has 0 unspecified atom stereocenters. The predicted octanol–water partition coefficient (Wildman–Crippen LogP) is 3.02. The summed E-state index contributed by atoms with van der Waals surface area (Å²) in [4.78, 5) is 0. The van der Waals surface area contributed by atoms with Gasteiger partial charge in [-0.2, -0.15) is 5.10 Å². The number of nitrogen functional groups attached to an aromatic ring is 1. The Bertz CT molecular complexity index is 543. The van der Waals surface area contributed by atoms with E-state index in [1.807, 2.05) is 31.3 Å². The first-order valence-electron chi connectivity index (χ1n) is 6.63. The summed E-state index contributed by atoms with van der Waals surface area (Å²) in [6.07, 6.45) is 3.24. The molecule has 4 heteroatoms. The van der Waals surface area contributed by atoms with E-state index in [4.69, 9.17) is 10.5 Å². The van der Waals surface area contributed by atoms with Gasteiger partial charge >= 0.3 is 0 Å². The molecule has 102 valence electrons. The molecule has 0 atom stereocenters. The summed E-state index contributed by atoms with van der Waals surface area (Å²) in [6.45, 7) is 2.18. The van der Waals surface area contributed by atoms with Gasteiger partial charge in [0.15, 0.2) is 0 Å². The van der Waals surface area contributed by atoms with Crippen LogP contribution in [0, 0.1) is 0 Å². The van der Waals surface area contributed by atoms with Crippen molar-refractivity contribution in [2.75, 3.05) is 12.8 Å². The fourth-order valence-electron chi connectivity index (χ4n) is 2.19. The van der Waals surface area contributed by atoms with Gasteiger partial charge in [-0.1, -0.05) is 25.5 Å². The number of rotatable bonds is 5. The number of unbranched alkanes of at least 4 members (excludes halogenated alkanes) is 1. The first-order valence-corrected chi connectivity index (χ1v) is 6.63. The molecule has 1 aromatic heterocycles. The average molecular weight is 259 g/mol. The second-order valence-corrected chi connectivity index (χ2v) is 4.66. The summed E-state index contributed by atoms with van der Waals surface area (Å²) in [5.74, 6) is 1.57. The summed E-state index contributed by atoms with van der Waals surface area (Å²) < 4.78 is 6.94. The number of ether oxygens (including phenoxy) is 1. The van der Waals surface area contributed by atoms with Gasteiger partial charge in [-0.05, 0) is 30.5 Å².